The molecule has 1 heterocycles. The van der Waals surface area contributed by atoms with E-state index in [-0.39, 0.29) is 17.2 Å². The van der Waals surface area contributed by atoms with E-state index in [2.05, 4.69) is 10.3 Å². The predicted molar refractivity (Wildman–Crippen MR) is 145 cm³/mol. The monoisotopic (exact) mass is 570 g/mol. The van der Waals surface area contributed by atoms with Crippen molar-refractivity contribution < 1.29 is 42.1 Å². The summed E-state index contributed by atoms with van der Waals surface area (Å²) in [4.78, 5) is 41.3. The highest BCUT2D eigenvalue weighted by molar-refractivity contribution is 5.98. The highest BCUT2D eigenvalue weighted by atomic mass is 19.1. The Balaban J connectivity index is 1.82. The SMILES string of the molecule is COc1ccnc(C(=O)N[C@@H](C)C(=O)O[C@@H](C)C(c2ccc(F)cc2C)c2ccc(F)cc2C)c1OCOC(C)=O. The number of aromatic nitrogens is 1. The molecule has 0 radical (unpaired) electrons. The molecule has 0 saturated carbocycles. The molecule has 0 aliphatic heterocycles. The van der Waals surface area contributed by atoms with Gasteiger partial charge in [0.1, 0.15) is 23.8 Å². The third-order valence-corrected chi connectivity index (χ3v) is 6.38. The molecule has 0 aliphatic carbocycles. The Bertz CT molecular complexity index is 1380. The van der Waals surface area contributed by atoms with Crippen LogP contribution in [-0.4, -0.2) is 48.9 Å². The number of carbonyl (C=O) groups is 3. The Labute approximate surface area is 236 Å². The molecule has 0 unspecified atom stereocenters. The number of aryl methyl sites for hydroxylation is 2. The number of benzene rings is 2. The van der Waals surface area contributed by atoms with E-state index in [9.17, 15) is 23.2 Å². The Kier molecular flexibility index (Phi) is 10.3. The Hall–Kier alpha value is -4.54. The van der Waals surface area contributed by atoms with Crippen molar-refractivity contribution in [1.82, 2.24) is 10.3 Å². The molecule has 1 aromatic heterocycles. The van der Waals surface area contributed by atoms with E-state index in [0.717, 1.165) is 0 Å². The molecule has 3 rings (SSSR count). The van der Waals surface area contributed by atoms with Gasteiger partial charge in [-0.05, 0) is 74.2 Å². The lowest BCUT2D eigenvalue weighted by molar-refractivity contribution is -0.151. The lowest BCUT2D eigenvalue weighted by atomic mass is 9.82. The summed E-state index contributed by atoms with van der Waals surface area (Å²) < 4.78 is 49.0. The van der Waals surface area contributed by atoms with Crippen LogP contribution in [0.25, 0.3) is 0 Å². The van der Waals surface area contributed by atoms with E-state index in [4.69, 9.17) is 18.9 Å². The van der Waals surface area contributed by atoms with Crippen molar-refractivity contribution >= 4 is 17.8 Å². The summed E-state index contributed by atoms with van der Waals surface area (Å²) in [5.41, 5.74) is 2.47. The molecule has 0 bridgehead atoms. The number of nitrogens with zero attached hydrogens (tertiary/aromatic N) is 1. The van der Waals surface area contributed by atoms with Gasteiger partial charge in [-0.1, -0.05) is 12.1 Å². The number of ether oxygens (including phenoxy) is 4. The minimum atomic E-state index is -1.12. The van der Waals surface area contributed by atoms with Crippen molar-refractivity contribution in [2.75, 3.05) is 13.9 Å². The molecule has 1 amide bonds. The minimum Gasteiger partial charge on any atom is -0.493 e. The first kappa shape index (κ1) is 31.0. The van der Waals surface area contributed by atoms with Gasteiger partial charge in [-0.25, -0.2) is 18.6 Å². The lowest BCUT2D eigenvalue weighted by Crippen LogP contribution is -2.42. The fourth-order valence-corrected chi connectivity index (χ4v) is 4.39. The number of pyridine rings is 1. The summed E-state index contributed by atoms with van der Waals surface area (Å²) in [6, 6.07) is 8.93. The topological polar surface area (TPSA) is 113 Å². The number of nitrogens with one attached hydrogen (secondary N) is 1. The van der Waals surface area contributed by atoms with Crippen LogP contribution in [0, 0.1) is 25.5 Å². The zero-order chi connectivity index (χ0) is 30.3. The molecule has 0 saturated heterocycles. The summed E-state index contributed by atoms with van der Waals surface area (Å²) in [7, 11) is 1.36. The maximum Gasteiger partial charge on any atom is 0.328 e. The van der Waals surface area contributed by atoms with Crippen molar-refractivity contribution in [3.05, 3.63) is 88.2 Å². The number of carbonyl (C=O) groups excluding carboxylic acids is 3. The molecule has 9 nitrogen and oxygen atoms in total. The fraction of sp³-hybridized carbons (Fsp3) is 0.333. The van der Waals surface area contributed by atoms with Gasteiger partial charge in [0, 0.05) is 25.1 Å². The van der Waals surface area contributed by atoms with E-state index < -0.39 is 54.3 Å². The summed E-state index contributed by atoms with van der Waals surface area (Å²) in [6.07, 6.45) is 0.533. The number of hydrogen-bond donors (Lipinski definition) is 1. The number of halogens is 2. The number of esters is 2. The number of methoxy groups -OCH3 is 1. The summed E-state index contributed by atoms with van der Waals surface area (Å²) >= 11 is 0. The smallest absolute Gasteiger partial charge is 0.328 e. The molecule has 218 valence electrons. The van der Waals surface area contributed by atoms with Crippen LogP contribution < -0.4 is 14.8 Å². The quantitative estimate of drug-likeness (QED) is 0.259. The van der Waals surface area contributed by atoms with Crippen LogP contribution in [0.2, 0.25) is 0 Å². The van der Waals surface area contributed by atoms with Gasteiger partial charge in [0.25, 0.3) is 5.91 Å². The van der Waals surface area contributed by atoms with Crippen molar-refractivity contribution in [2.24, 2.45) is 0 Å². The van der Waals surface area contributed by atoms with Gasteiger partial charge in [0.15, 0.2) is 17.2 Å². The average molecular weight is 571 g/mol. The van der Waals surface area contributed by atoms with E-state index in [0.29, 0.717) is 22.3 Å². The Morgan fingerprint density at radius 3 is 2.05 bits per heavy atom. The maximum atomic E-state index is 13.9. The zero-order valence-corrected chi connectivity index (χ0v) is 23.6. The second-order valence-electron chi connectivity index (χ2n) is 9.41. The largest absolute Gasteiger partial charge is 0.493 e. The summed E-state index contributed by atoms with van der Waals surface area (Å²) in [5, 5.41) is 2.53. The normalized spacial score (nSPS) is 12.3. The molecule has 11 heteroatoms. The number of amides is 1. The molecule has 0 spiro atoms. The van der Waals surface area contributed by atoms with Crippen molar-refractivity contribution in [3.8, 4) is 11.5 Å². The minimum absolute atomic E-state index is 0.0821. The van der Waals surface area contributed by atoms with E-state index in [1.165, 1.54) is 57.5 Å². The third kappa shape index (κ3) is 7.77. The second kappa shape index (κ2) is 13.7. The van der Waals surface area contributed by atoms with Gasteiger partial charge in [-0.3, -0.25) is 9.59 Å². The van der Waals surface area contributed by atoms with E-state index >= 15 is 0 Å². The van der Waals surface area contributed by atoms with Crippen LogP contribution >= 0.6 is 0 Å². The van der Waals surface area contributed by atoms with Crippen LogP contribution in [-0.2, 0) is 19.1 Å². The van der Waals surface area contributed by atoms with Gasteiger partial charge in [0.05, 0.1) is 7.11 Å². The van der Waals surface area contributed by atoms with Crippen LogP contribution in [0.4, 0.5) is 8.78 Å². The van der Waals surface area contributed by atoms with Crippen LogP contribution in [0.15, 0.2) is 48.7 Å². The standard InChI is InChI=1S/C30H32F2N2O7/c1-16-13-21(31)7-9-23(16)26(24-10-8-22(32)14-17(24)2)19(4)41-30(37)18(3)34-29(36)27-28(40-15-39-20(5)35)25(38-6)11-12-33-27/h7-14,18-19,26H,15H2,1-6H3,(H,34,36)/t18-,19-/m0/s1. The van der Waals surface area contributed by atoms with Crippen molar-refractivity contribution in [2.45, 2.75) is 52.7 Å². The molecular formula is C30H32F2N2O7. The highest BCUT2D eigenvalue weighted by Gasteiger charge is 2.30. The predicted octanol–water partition coefficient (Wildman–Crippen LogP) is 4.77. The first-order valence-corrected chi connectivity index (χ1v) is 12.8. The van der Waals surface area contributed by atoms with Crippen molar-refractivity contribution in [3.63, 3.8) is 0 Å². The molecule has 2 atom stereocenters. The van der Waals surface area contributed by atoms with E-state index in [1.54, 1.807) is 32.9 Å². The molecule has 3 aromatic rings. The van der Waals surface area contributed by atoms with Gasteiger partial charge in [-0.15, -0.1) is 0 Å². The molecule has 41 heavy (non-hydrogen) atoms. The summed E-state index contributed by atoms with van der Waals surface area (Å²) in [6.45, 7) is 7.31. The third-order valence-electron chi connectivity index (χ3n) is 6.38. The van der Waals surface area contributed by atoms with E-state index in [1.807, 2.05) is 0 Å². The van der Waals surface area contributed by atoms with Gasteiger partial charge in [-0.2, -0.15) is 0 Å². The first-order valence-electron chi connectivity index (χ1n) is 12.8. The average Bonchev–Trinajstić information content (AvgIpc) is 2.90. The molecule has 0 aliphatic rings. The number of hydrogen-bond acceptors (Lipinski definition) is 8. The maximum absolute atomic E-state index is 13.9. The fourth-order valence-electron chi connectivity index (χ4n) is 4.39. The Morgan fingerprint density at radius 2 is 1.54 bits per heavy atom. The molecule has 2 aromatic carbocycles. The first-order chi connectivity index (χ1) is 19.4. The lowest BCUT2D eigenvalue weighted by Gasteiger charge is -2.29. The highest BCUT2D eigenvalue weighted by Crippen LogP contribution is 2.35. The van der Waals surface area contributed by atoms with Gasteiger partial charge in [0.2, 0.25) is 6.79 Å². The zero-order valence-electron chi connectivity index (χ0n) is 23.6. The van der Waals surface area contributed by atoms with Crippen LogP contribution in [0.3, 0.4) is 0 Å². The van der Waals surface area contributed by atoms with Crippen molar-refractivity contribution in [1.29, 1.82) is 0 Å². The molecule has 1 N–H and O–H groups in total. The van der Waals surface area contributed by atoms with Crippen LogP contribution in [0.5, 0.6) is 11.5 Å². The number of rotatable bonds is 11. The molecular weight excluding hydrogens is 538 g/mol. The summed E-state index contributed by atoms with van der Waals surface area (Å²) in [5.74, 6) is -3.40. The Morgan fingerprint density at radius 1 is 0.951 bits per heavy atom. The van der Waals surface area contributed by atoms with Gasteiger partial charge >= 0.3 is 11.9 Å². The van der Waals surface area contributed by atoms with Gasteiger partial charge < -0.3 is 24.3 Å². The second-order valence-corrected chi connectivity index (χ2v) is 9.41. The molecule has 0 fully saturated rings. The van der Waals surface area contributed by atoms with Crippen LogP contribution in [0.1, 0.15) is 59.4 Å².